The zero-order valence-corrected chi connectivity index (χ0v) is 16.9. The molecule has 0 fully saturated rings. The standard InChI is InChI=1S/C21H16FN3O4S/c1-12-13(2)30-20-18(12)19(26)24(16-8-6-15(22)7-9-16)21(27)23(20)11-14-4-3-5-17(10-14)25(28)29/h3-10H,11H2,1-2H3. The summed E-state index contributed by atoms with van der Waals surface area (Å²) >= 11 is 1.33. The predicted molar refractivity (Wildman–Crippen MR) is 113 cm³/mol. The third-order valence-electron chi connectivity index (χ3n) is 5.00. The topological polar surface area (TPSA) is 87.1 Å². The molecule has 0 saturated heterocycles. The van der Waals surface area contributed by atoms with E-state index in [0.717, 1.165) is 15.0 Å². The van der Waals surface area contributed by atoms with Gasteiger partial charge in [0.1, 0.15) is 10.6 Å². The van der Waals surface area contributed by atoms with Gasteiger partial charge in [-0.05, 0) is 49.2 Å². The van der Waals surface area contributed by atoms with Crippen molar-refractivity contribution in [2.75, 3.05) is 0 Å². The lowest BCUT2D eigenvalue weighted by atomic mass is 10.2. The van der Waals surface area contributed by atoms with Crippen LogP contribution in [0.5, 0.6) is 0 Å². The van der Waals surface area contributed by atoms with Gasteiger partial charge in [-0.15, -0.1) is 11.3 Å². The SMILES string of the molecule is Cc1sc2c(c1C)c(=O)n(-c1ccc(F)cc1)c(=O)n2Cc1cccc([N+](=O)[O-])c1. The molecule has 152 valence electrons. The van der Waals surface area contributed by atoms with Crippen LogP contribution < -0.4 is 11.2 Å². The summed E-state index contributed by atoms with van der Waals surface area (Å²) in [7, 11) is 0. The molecule has 0 spiro atoms. The van der Waals surface area contributed by atoms with Crippen LogP contribution in [-0.4, -0.2) is 14.1 Å². The molecule has 4 aromatic rings. The first-order valence-electron chi connectivity index (χ1n) is 9.02. The molecule has 0 aliphatic heterocycles. The molecule has 7 nitrogen and oxygen atoms in total. The lowest BCUT2D eigenvalue weighted by Gasteiger charge is -2.12. The summed E-state index contributed by atoms with van der Waals surface area (Å²) in [5.41, 5.74) is 0.432. The number of aromatic nitrogens is 2. The molecule has 0 amide bonds. The Labute approximate surface area is 173 Å². The van der Waals surface area contributed by atoms with Gasteiger partial charge in [0.15, 0.2) is 0 Å². The van der Waals surface area contributed by atoms with Gasteiger partial charge in [-0.2, -0.15) is 0 Å². The summed E-state index contributed by atoms with van der Waals surface area (Å²) in [6.45, 7) is 3.73. The van der Waals surface area contributed by atoms with Crippen LogP contribution in [0.15, 0.2) is 58.1 Å². The van der Waals surface area contributed by atoms with Crippen molar-refractivity contribution in [2.45, 2.75) is 20.4 Å². The number of rotatable bonds is 4. The highest BCUT2D eigenvalue weighted by Gasteiger charge is 2.20. The van der Waals surface area contributed by atoms with E-state index in [1.807, 2.05) is 13.8 Å². The number of hydrogen-bond donors (Lipinski definition) is 0. The molecule has 0 radical (unpaired) electrons. The minimum Gasteiger partial charge on any atom is -0.279 e. The van der Waals surface area contributed by atoms with Crippen molar-refractivity contribution in [1.82, 2.24) is 9.13 Å². The highest BCUT2D eigenvalue weighted by molar-refractivity contribution is 7.18. The maximum atomic E-state index is 13.4. The van der Waals surface area contributed by atoms with Crippen LogP contribution in [0, 0.1) is 29.8 Å². The number of non-ortho nitro benzene ring substituents is 1. The Balaban J connectivity index is 2.01. The van der Waals surface area contributed by atoms with E-state index in [2.05, 4.69) is 0 Å². The molecule has 0 atom stereocenters. The van der Waals surface area contributed by atoms with Gasteiger partial charge in [-0.1, -0.05) is 12.1 Å². The van der Waals surface area contributed by atoms with Gasteiger partial charge in [0.25, 0.3) is 11.2 Å². The molecule has 2 aromatic heterocycles. The van der Waals surface area contributed by atoms with Crippen LogP contribution in [0.25, 0.3) is 15.9 Å². The summed E-state index contributed by atoms with van der Waals surface area (Å²) < 4.78 is 15.8. The van der Waals surface area contributed by atoms with Gasteiger partial charge in [0.2, 0.25) is 0 Å². The summed E-state index contributed by atoms with van der Waals surface area (Å²) in [6, 6.07) is 11.1. The van der Waals surface area contributed by atoms with Gasteiger partial charge in [0.05, 0.1) is 22.5 Å². The minimum absolute atomic E-state index is 0.0535. The highest BCUT2D eigenvalue weighted by Crippen LogP contribution is 2.28. The molecule has 0 saturated carbocycles. The zero-order valence-electron chi connectivity index (χ0n) is 16.1. The molecule has 2 heterocycles. The average Bonchev–Trinajstić information content (AvgIpc) is 3.01. The number of aryl methyl sites for hydroxylation is 2. The summed E-state index contributed by atoms with van der Waals surface area (Å²) in [6.07, 6.45) is 0. The third kappa shape index (κ3) is 3.22. The quantitative estimate of drug-likeness (QED) is 0.366. The molecule has 30 heavy (non-hydrogen) atoms. The Morgan fingerprint density at radius 3 is 2.47 bits per heavy atom. The van der Waals surface area contributed by atoms with Gasteiger partial charge >= 0.3 is 5.69 Å². The van der Waals surface area contributed by atoms with Crippen LogP contribution in [0.3, 0.4) is 0 Å². The van der Waals surface area contributed by atoms with Crippen molar-refractivity contribution in [1.29, 1.82) is 0 Å². The van der Waals surface area contributed by atoms with Gasteiger partial charge < -0.3 is 0 Å². The first kappa shape index (κ1) is 19.7. The van der Waals surface area contributed by atoms with Crippen LogP contribution >= 0.6 is 11.3 Å². The molecule has 9 heteroatoms. The van der Waals surface area contributed by atoms with Crippen LogP contribution in [0.1, 0.15) is 16.0 Å². The van der Waals surface area contributed by atoms with E-state index in [4.69, 9.17) is 0 Å². The third-order valence-corrected chi connectivity index (χ3v) is 6.23. The van der Waals surface area contributed by atoms with Crippen LogP contribution in [-0.2, 0) is 6.54 Å². The highest BCUT2D eigenvalue weighted by atomic mass is 32.1. The van der Waals surface area contributed by atoms with Gasteiger partial charge in [-0.3, -0.25) is 19.5 Å². The Bertz CT molecular complexity index is 1420. The Morgan fingerprint density at radius 1 is 1.10 bits per heavy atom. The number of fused-ring (bicyclic) bond motifs is 1. The zero-order chi connectivity index (χ0) is 21.6. The number of halogens is 1. The van der Waals surface area contributed by atoms with Crippen molar-refractivity contribution in [3.8, 4) is 5.69 Å². The Hall–Kier alpha value is -3.59. The van der Waals surface area contributed by atoms with E-state index in [-0.39, 0.29) is 17.9 Å². The first-order chi connectivity index (χ1) is 14.3. The van der Waals surface area contributed by atoms with E-state index in [9.17, 15) is 24.1 Å². The second kappa shape index (κ2) is 7.34. The fourth-order valence-electron chi connectivity index (χ4n) is 3.37. The van der Waals surface area contributed by atoms with E-state index in [1.54, 1.807) is 12.1 Å². The van der Waals surface area contributed by atoms with Crippen molar-refractivity contribution in [3.05, 3.63) is 101 Å². The monoisotopic (exact) mass is 425 g/mol. The molecule has 0 aliphatic carbocycles. The second-order valence-corrected chi connectivity index (χ2v) is 8.08. The fourth-order valence-corrected chi connectivity index (χ4v) is 4.51. The van der Waals surface area contributed by atoms with Crippen molar-refractivity contribution < 1.29 is 9.31 Å². The fraction of sp³-hybridized carbons (Fsp3) is 0.143. The maximum Gasteiger partial charge on any atom is 0.337 e. The smallest absolute Gasteiger partial charge is 0.279 e. The van der Waals surface area contributed by atoms with Gasteiger partial charge in [0, 0.05) is 17.0 Å². The van der Waals surface area contributed by atoms with E-state index < -0.39 is 22.0 Å². The lowest BCUT2D eigenvalue weighted by Crippen LogP contribution is -2.38. The van der Waals surface area contributed by atoms with Crippen molar-refractivity contribution in [3.63, 3.8) is 0 Å². The number of thiophene rings is 1. The first-order valence-corrected chi connectivity index (χ1v) is 9.84. The van der Waals surface area contributed by atoms with Crippen LogP contribution in [0.4, 0.5) is 10.1 Å². The van der Waals surface area contributed by atoms with E-state index in [1.165, 1.54) is 52.3 Å². The van der Waals surface area contributed by atoms with Crippen LogP contribution in [0.2, 0.25) is 0 Å². The molecule has 4 rings (SSSR count). The summed E-state index contributed by atoms with van der Waals surface area (Å²) in [5.74, 6) is -0.479. The number of nitro benzene ring substituents is 1. The Kier molecular flexibility index (Phi) is 4.83. The average molecular weight is 425 g/mol. The minimum atomic E-state index is -0.591. The number of benzene rings is 2. The number of hydrogen-bond acceptors (Lipinski definition) is 5. The van der Waals surface area contributed by atoms with Gasteiger partial charge in [-0.25, -0.2) is 13.8 Å². The molecular weight excluding hydrogens is 409 g/mol. The molecule has 0 bridgehead atoms. The molecule has 0 aliphatic rings. The largest absolute Gasteiger partial charge is 0.337 e. The number of nitrogens with zero attached hydrogens (tertiary/aromatic N) is 3. The Morgan fingerprint density at radius 2 is 1.80 bits per heavy atom. The molecule has 0 unspecified atom stereocenters. The van der Waals surface area contributed by atoms with E-state index >= 15 is 0 Å². The molecular formula is C21H16FN3O4S. The van der Waals surface area contributed by atoms with Crippen molar-refractivity contribution in [2.24, 2.45) is 0 Å². The summed E-state index contributed by atoms with van der Waals surface area (Å²) in [4.78, 5) is 38.5. The molecule has 2 aromatic carbocycles. The predicted octanol–water partition coefficient (Wildman–Crippen LogP) is 3.93. The summed E-state index contributed by atoms with van der Waals surface area (Å²) in [5, 5.41) is 11.5. The lowest BCUT2D eigenvalue weighted by molar-refractivity contribution is -0.384. The molecule has 0 N–H and O–H groups in total. The van der Waals surface area contributed by atoms with Crippen molar-refractivity contribution >= 4 is 27.2 Å². The number of nitro groups is 1. The van der Waals surface area contributed by atoms with E-state index in [0.29, 0.717) is 15.8 Å². The maximum absolute atomic E-state index is 13.4. The normalized spacial score (nSPS) is 11.2. The second-order valence-electron chi connectivity index (χ2n) is 6.88.